The van der Waals surface area contributed by atoms with Crippen molar-refractivity contribution in [3.05, 3.63) is 52.0 Å². The quantitative estimate of drug-likeness (QED) is 0.164. The lowest BCUT2D eigenvalue weighted by molar-refractivity contribution is -0.137. The van der Waals surface area contributed by atoms with Gasteiger partial charge in [-0.1, -0.05) is 0 Å². The number of aliphatic imine (C=N–C) groups is 1. The summed E-state index contributed by atoms with van der Waals surface area (Å²) in [5, 5.41) is 11.9. The van der Waals surface area contributed by atoms with E-state index in [-0.39, 0.29) is 17.8 Å². The standard InChI is InChI=1S/C15H10F4N2O3S/c1-2-24-14(23)8(6-21-15-20-3-4-25-15)13(22)7-5-9(16)11(18)12(19)10(7)17/h3-6,22H,2H2,1H3/b13-8+,21-6+. The number of carbonyl (C=O) groups is 1. The largest absolute Gasteiger partial charge is 0.506 e. The summed E-state index contributed by atoms with van der Waals surface area (Å²) in [7, 11) is 0. The number of carbonyl (C=O) groups excluding carboxylic acids is 1. The van der Waals surface area contributed by atoms with Crippen LogP contribution in [0.2, 0.25) is 0 Å². The van der Waals surface area contributed by atoms with E-state index in [0.717, 1.165) is 17.6 Å². The molecule has 0 spiro atoms. The number of aliphatic hydroxyl groups excluding tert-OH is 1. The Balaban J connectivity index is 2.59. The highest BCUT2D eigenvalue weighted by atomic mass is 32.1. The van der Waals surface area contributed by atoms with Crippen LogP contribution in [0.4, 0.5) is 22.7 Å². The molecule has 0 bridgehead atoms. The van der Waals surface area contributed by atoms with Gasteiger partial charge in [0.1, 0.15) is 11.3 Å². The van der Waals surface area contributed by atoms with Crippen molar-refractivity contribution in [3.63, 3.8) is 0 Å². The first-order valence-electron chi connectivity index (χ1n) is 6.74. The number of esters is 1. The predicted octanol–water partition coefficient (Wildman–Crippen LogP) is 3.93. The molecule has 1 N–H and O–H groups in total. The Morgan fingerprint density at radius 2 is 2.04 bits per heavy atom. The van der Waals surface area contributed by atoms with Crippen LogP contribution in [0.25, 0.3) is 5.76 Å². The van der Waals surface area contributed by atoms with Crippen LogP contribution in [0.1, 0.15) is 12.5 Å². The number of aliphatic hydroxyl groups is 1. The summed E-state index contributed by atoms with van der Waals surface area (Å²) in [5.41, 5.74) is -1.73. The van der Waals surface area contributed by atoms with Gasteiger partial charge >= 0.3 is 5.97 Å². The number of halogens is 4. The van der Waals surface area contributed by atoms with E-state index in [1.165, 1.54) is 13.1 Å². The molecule has 2 rings (SSSR count). The van der Waals surface area contributed by atoms with Crippen molar-refractivity contribution < 1.29 is 32.2 Å². The molecule has 0 aliphatic carbocycles. The lowest BCUT2D eigenvalue weighted by Crippen LogP contribution is -2.12. The van der Waals surface area contributed by atoms with Gasteiger partial charge in [-0.25, -0.2) is 32.3 Å². The fourth-order valence-corrected chi connectivity index (χ4v) is 2.19. The molecule has 0 aliphatic heterocycles. The summed E-state index contributed by atoms with van der Waals surface area (Å²) in [4.78, 5) is 19.5. The second-order valence-electron chi connectivity index (χ2n) is 4.40. The van der Waals surface area contributed by atoms with Crippen molar-refractivity contribution in [2.24, 2.45) is 4.99 Å². The van der Waals surface area contributed by atoms with Gasteiger partial charge in [-0.2, -0.15) is 0 Å². The third-order valence-corrected chi connectivity index (χ3v) is 3.51. The molecule has 2 aromatic rings. The first-order valence-corrected chi connectivity index (χ1v) is 7.62. The van der Waals surface area contributed by atoms with Crippen molar-refractivity contribution in [2.75, 3.05) is 6.61 Å². The lowest BCUT2D eigenvalue weighted by atomic mass is 10.1. The van der Waals surface area contributed by atoms with Gasteiger partial charge in [-0.3, -0.25) is 0 Å². The molecule has 0 amide bonds. The zero-order chi connectivity index (χ0) is 18.6. The molecule has 0 fully saturated rings. The van der Waals surface area contributed by atoms with Gasteiger partial charge in [-0.15, -0.1) is 11.3 Å². The molecule has 0 aliphatic rings. The Bertz CT molecular complexity index is 851. The smallest absolute Gasteiger partial charge is 0.343 e. The minimum Gasteiger partial charge on any atom is -0.506 e. The number of hydrogen-bond acceptors (Lipinski definition) is 6. The van der Waals surface area contributed by atoms with E-state index in [0.29, 0.717) is 0 Å². The van der Waals surface area contributed by atoms with Gasteiger partial charge in [0.15, 0.2) is 23.3 Å². The molecule has 1 aromatic carbocycles. The van der Waals surface area contributed by atoms with Crippen molar-refractivity contribution in [3.8, 4) is 0 Å². The minimum atomic E-state index is -2.12. The van der Waals surface area contributed by atoms with Gasteiger partial charge < -0.3 is 9.84 Å². The van der Waals surface area contributed by atoms with E-state index < -0.39 is 46.1 Å². The Kier molecular flexibility index (Phi) is 5.86. The highest BCUT2D eigenvalue weighted by Gasteiger charge is 2.25. The van der Waals surface area contributed by atoms with E-state index >= 15 is 0 Å². The molecular weight excluding hydrogens is 364 g/mol. The molecule has 1 aromatic heterocycles. The summed E-state index contributed by atoms with van der Waals surface area (Å²) in [5.74, 6) is -10.0. The number of thiazole rings is 1. The minimum absolute atomic E-state index is 0.0880. The third kappa shape index (κ3) is 4.02. The lowest BCUT2D eigenvalue weighted by Gasteiger charge is -2.09. The zero-order valence-electron chi connectivity index (χ0n) is 12.6. The summed E-state index contributed by atoms with van der Waals surface area (Å²) < 4.78 is 58.2. The maximum atomic E-state index is 13.8. The Morgan fingerprint density at radius 1 is 1.32 bits per heavy atom. The molecule has 0 saturated heterocycles. The molecule has 0 saturated carbocycles. The maximum absolute atomic E-state index is 13.8. The van der Waals surface area contributed by atoms with E-state index in [2.05, 4.69) is 9.98 Å². The first kappa shape index (κ1) is 18.6. The van der Waals surface area contributed by atoms with Crippen LogP contribution in [0.15, 0.2) is 28.2 Å². The Labute approximate surface area is 142 Å². The van der Waals surface area contributed by atoms with E-state index in [9.17, 15) is 27.5 Å². The second-order valence-corrected chi connectivity index (χ2v) is 5.28. The summed E-state index contributed by atoms with van der Waals surface area (Å²) in [6.45, 7) is 1.39. The van der Waals surface area contributed by atoms with Crippen LogP contribution in [0.5, 0.6) is 0 Å². The van der Waals surface area contributed by atoms with Gasteiger partial charge in [0.2, 0.25) is 5.13 Å². The average molecular weight is 374 g/mol. The molecule has 0 unspecified atom stereocenters. The summed E-state index contributed by atoms with van der Waals surface area (Å²) in [6.07, 6.45) is 2.24. The highest BCUT2D eigenvalue weighted by molar-refractivity contribution is 7.13. The van der Waals surface area contributed by atoms with Gasteiger partial charge in [0.05, 0.1) is 12.2 Å². The van der Waals surface area contributed by atoms with Gasteiger partial charge in [-0.05, 0) is 13.0 Å². The topological polar surface area (TPSA) is 71.8 Å². The second kappa shape index (κ2) is 7.88. The number of aromatic nitrogens is 1. The molecule has 0 radical (unpaired) electrons. The van der Waals surface area contributed by atoms with Crippen LogP contribution in [-0.2, 0) is 9.53 Å². The highest BCUT2D eigenvalue weighted by Crippen LogP contribution is 2.26. The molecule has 10 heteroatoms. The van der Waals surface area contributed by atoms with Crippen LogP contribution in [-0.4, -0.2) is 28.9 Å². The Hall–Kier alpha value is -2.75. The van der Waals surface area contributed by atoms with E-state index in [1.807, 2.05) is 0 Å². The summed E-state index contributed by atoms with van der Waals surface area (Å²) >= 11 is 1.10. The fourth-order valence-electron chi connectivity index (χ4n) is 1.71. The number of rotatable bonds is 5. The van der Waals surface area contributed by atoms with Crippen molar-refractivity contribution in [1.82, 2.24) is 4.98 Å². The molecule has 132 valence electrons. The molecular formula is C15H10F4N2O3S. The van der Waals surface area contributed by atoms with Crippen LogP contribution in [0.3, 0.4) is 0 Å². The molecule has 1 heterocycles. The van der Waals surface area contributed by atoms with Crippen LogP contribution >= 0.6 is 11.3 Å². The predicted molar refractivity (Wildman–Crippen MR) is 82.7 cm³/mol. The van der Waals surface area contributed by atoms with Crippen molar-refractivity contribution in [1.29, 1.82) is 0 Å². The van der Waals surface area contributed by atoms with Crippen LogP contribution < -0.4 is 0 Å². The average Bonchev–Trinajstić information content (AvgIpc) is 3.10. The van der Waals surface area contributed by atoms with Gasteiger partial charge in [0.25, 0.3) is 0 Å². The first-order chi connectivity index (χ1) is 11.9. The Morgan fingerprint density at radius 3 is 2.64 bits per heavy atom. The van der Waals surface area contributed by atoms with Gasteiger partial charge in [0, 0.05) is 17.8 Å². The zero-order valence-corrected chi connectivity index (χ0v) is 13.4. The number of nitrogens with zero attached hydrogens (tertiary/aromatic N) is 2. The van der Waals surface area contributed by atoms with Crippen LogP contribution in [0, 0.1) is 23.3 Å². The maximum Gasteiger partial charge on any atom is 0.343 e. The molecule has 25 heavy (non-hydrogen) atoms. The number of ether oxygens (including phenoxy) is 1. The van der Waals surface area contributed by atoms with E-state index in [4.69, 9.17) is 4.74 Å². The SMILES string of the molecule is CCOC(=O)C(/C=N/c1nccs1)=C(/O)c1cc(F)c(F)c(F)c1F. The fraction of sp³-hybridized carbons (Fsp3) is 0.133. The van der Waals surface area contributed by atoms with Crippen molar-refractivity contribution >= 4 is 34.4 Å². The van der Waals surface area contributed by atoms with E-state index in [1.54, 1.807) is 5.38 Å². The number of benzene rings is 1. The third-order valence-electron chi connectivity index (χ3n) is 2.83. The number of hydrogen-bond donors (Lipinski definition) is 1. The normalized spacial score (nSPS) is 12.4. The molecule has 0 atom stereocenters. The van der Waals surface area contributed by atoms with Crippen molar-refractivity contribution in [2.45, 2.75) is 6.92 Å². The molecule has 5 nitrogen and oxygen atoms in total. The summed E-state index contributed by atoms with van der Waals surface area (Å²) in [6, 6.07) is 0.222. The monoisotopic (exact) mass is 374 g/mol.